The second-order valence-electron chi connectivity index (χ2n) is 15.9. The third-order valence-corrected chi connectivity index (χ3v) is 11.4. The van der Waals surface area contributed by atoms with E-state index in [0.29, 0.717) is 19.6 Å². The molecule has 0 aliphatic carbocycles. The van der Waals surface area contributed by atoms with Gasteiger partial charge in [0.15, 0.2) is 0 Å². The first-order valence-electron chi connectivity index (χ1n) is 20.1. The second kappa shape index (κ2) is 21.3. The number of hydrogen-bond donors (Lipinski definition) is 3. The SMILES string of the molecule is C.O=C1CN2CCN1CCNCc1cccc(n1)C2.O=C1CN2CCNCc3cccc(n3)CN1CC2.[B].[CH2-][NH+]1CCN2CC[N+]([CH2-])(CC2)Cc2cccc(n2)C1. The molecular formula is C42H64BN12O2. The molecule has 3 fully saturated rings. The van der Waals surface area contributed by atoms with E-state index in [1.165, 1.54) is 10.6 Å². The van der Waals surface area contributed by atoms with Gasteiger partial charge < -0.3 is 29.8 Å². The zero-order valence-corrected chi connectivity index (χ0v) is 33.1. The molecule has 2 amide bonds. The summed E-state index contributed by atoms with van der Waals surface area (Å²) in [4.78, 5) is 50.1. The molecule has 3 N–H and O–H groups in total. The van der Waals surface area contributed by atoms with E-state index in [-0.39, 0.29) is 27.7 Å². The van der Waals surface area contributed by atoms with Crippen molar-refractivity contribution in [1.82, 2.24) is 50.1 Å². The average Bonchev–Trinajstić information content (AvgIpc) is 3.16. The van der Waals surface area contributed by atoms with Crippen molar-refractivity contribution in [3.8, 4) is 0 Å². The molecule has 12 bridgehead atoms. The van der Waals surface area contributed by atoms with Crippen molar-refractivity contribution < 1.29 is 19.0 Å². The number of carbonyl (C=O) groups is 2. The smallest absolute Gasteiger partial charge is 0.237 e. The highest BCUT2D eigenvalue weighted by molar-refractivity contribution is 5.79. The summed E-state index contributed by atoms with van der Waals surface area (Å²) in [5.41, 5.74) is 6.49. The van der Waals surface area contributed by atoms with Gasteiger partial charge in [0.25, 0.3) is 0 Å². The predicted molar refractivity (Wildman–Crippen MR) is 223 cm³/mol. The Kier molecular flexibility index (Phi) is 16.5. The number of carbonyl (C=O) groups excluding carboxylic acids is 2. The monoisotopic (exact) mass is 780 g/mol. The minimum absolute atomic E-state index is 0. The summed E-state index contributed by atoms with van der Waals surface area (Å²) in [5, 5.41) is 6.72. The number of fused-ring (bicyclic) bond motifs is 15. The summed E-state index contributed by atoms with van der Waals surface area (Å²) in [6, 6.07) is 18.5. The van der Waals surface area contributed by atoms with Gasteiger partial charge in [0.05, 0.1) is 86.5 Å². The summed E-state index contributed by atoms with van der Waals surface area (Å²) in [6.07, 6.45) is 0. The van der Waals surface area contributed by atoms with Crippen molar-refractivity contribution >= 4 is 20.2 Å². The molecule has 3 radical (unpaired) electrons. The molecule has 0 saturated carbocycles. The first kappa shape index (κ1) is 44.3. The van der Waals surface area contributed by atoms with Crippen LogP contribution in [0.1, 0.15) is 41.6 Å². The minimum Gasteiger partial charge on any atom is -0.462 e. The van der Waals surface area contributed by atoms with E-state index >= 15 is 0 Å². The van der Waals surface area contributed by atoms with Crippen molar-refractivity contribution in [3.63, 3.8) is 0 Å². The van der Waals surface area contributed by atoms with Gasteiger partial charge in [0, 0.05) is 100 Å². The minimum atomic E-state index is 0. The Balaban J connectivity index is 0.000000160. The van der Waals surface area contributed by atoms with Gasteiger partial charge in [-0.3, -0.25) is 34.3 Å². The van der Waals surface area contributed by atoms with Crippen LogP contribution in [-0.2, 0) is 48.9 Å². The van der Waals surface area contributed by atoms with Crippen LogP contribution in [0.4, 0.5) is 0 Å². The van der Waals surface area contributed by atoms with Crippen LogP contribution < -0.4 is 15.5 Å². The molecule has 3 unspecified atom stereocenters. The maximum absolute atomic E-state index is 12.0. The number of pyridine rings is 3. The van der Waals surface area contributed by atoms with E-state index in [9.17, 15) is 9.59 Å². The number of nitrogens with zero attached hydrogens (tertiary/aromatic N) is 9. The third kappa shape index (κ3) is 13.1. The van der Waals surface area contributed by atoms with Crippen LogP contribution in [0.15, 0.2) is 54.6 Å². The van der Waals surface area contributed by atoms with Crippen LogP contribution in [0.2, 0.25) is 0 Å². The second-order valence-corrected chi connectivity index (χ2v) is 15.9. The molecule has 12 heterocycles. The number of amides is 2. The quantitative estimate of drug-likeness (QED) is 0.158. The Morgan fingerprint density at radius 1 is 0.579 bits per heavy atom. The number of quaternary nitrogens is 2. The van der Waals surface area contributed by atoms with Crippen molar-refractivity contribution in [2.45, 2.75) is 46.7 Å². The molecule has 9 aliphatic rings. The third-order valence-electron chi connectivity index (χ3n) is 11.4. The van der Waals surface area contributed by atoms with Crippen LogP contribution in [0.5, 0.6) is 0 Å². The molecule has 0 spiro atoms. The fourth-order valence-corrected chi connectivity index (χ4v) is 8.02. The van der Waals surface area contributed by atoms with Crippen LogP contribution in [-0.4, -0.2) is 169 Å². The van der Waals surface area contributed by atoms with Crippen LogP contribution in [0.25, 0.3) is 0 Å². The summed E-state index contributed by atoms with van der Waals surface area (Å²) >= 11 is 0. The standard InChI is InChI=1S/C15H24N4.2C13H18N4O.CH4.B/c1-17-6-7-18-8-10-19(2,11-9-18)13-15-5-3-4-14(12-17)16-15;18-13-10-16-6-7-17(13)5-4-14-8-11-2-1-3-12(9-16)15-11;18-13-10-16-5-4-14-8-11-2-1-3-12(15-11)9-17(13)7-6-16;;/h3-5,17H,1-2,6-13H2;2*1-3,14H,4-10H2;1H4;. The van der Waals surface area contributed by atoms with Gasteiger partial charge in [0.1, 0.15) is 0 Å². The molecule has 3 aromatic heterocycles. The fourth-order valence-electron chi connectivity index (χ4n) is 8.02. The number of aromatic nitrogens is 3. The first-order valence-corrected chi connectivity index (χ1v) is 20.1. The Morgan fingerprint density at radius 3 is 1.81 bits per heavy atom. The van der Waals surface area contributed by atoms with Crippen LogP contribution >= 0.6 is 0 Å². The van der Waals surface area contributed by atoms with Crippen LogP contribution in [0.3, 0.4) is 0 Å². The predicted octanol–water partition coefficient (Wildman–Crippen LogP) is -0.391. The van der Waals surface area contributed by atoms with E-state index < -0.39 is 0 Å². The maximum atomic E-state index is 12.0. The zero-order chi connectivity index (χ0) is 38.0. The number of nitrogens with one attached hydrogen (secondary N) is 3. The molecule has 14 nitrogen and oxygen atoms in total. The van der Waals surface area contributed by atoms with Gasteiger partial charge in [-0.25, -0.2) is 4.98 Å². The van der Waals surface area contributed by atoms with Gasteiger partial charge in [-0.1, -0.05) is 25.6 Å². The largest absolute Gasteiger partial charge is 0.462 e. The molecule has 12 rings (SSSR count). The van der Waals surface area contributed by atoms with Crippen molar-refractivity contribution in [1.29, 1.82) is 0 Å². The summed E-state index contributed by atoms with van der Waals surface area (Å²) in [7, 11) is 8.64. The highest BCUT2D eigenvalue weighted by atomic mass is 16.2. The Hall–Kier alpha value is -3.83. The molecule has 9 aliphatic heterocycles. The van der Waals surface area contributed by atoms with Crippen molar-refractivity contribution in [2.75, 3.05) is 105 Å². The molecule has 0 aromatic carbocycles. The molecule has 57 heavy (non-hydrogen) atoms. The zero-order valence-electron chi connectivity index (χ0n) is 33.1. The number of rotatable bonds is 0. The Morgan fingerprint density at radius 2 is 1.12 bits per heavy atom. The fraction of sp³-hybridized carbons (Fsp3) is 0.548. The molecule has 15 heteroatoms. The lowest BCUT2D eigenvalue weighted by Crippen LogP contribution is -3.06. The lowest BCUT2D eigenvalue weighted by Gasteiger charge is -2.48. The van der Waals surface area contributed by atoms with Gasteiger partial charge in [0.2, 0.25) is 11.8 Å². The van der Waals surface area contributed by atoms with Gasteiger partial charge in [-0.05, 0) is 36.4 Å². The number of piperazine rings is 3. The van der Waals surface area contributed by atoms with E-state index in [1.807, 2.05) is 46.2 Å². The average molecular weight is 780 g/mol. The molecule has 307 valence electrons. The summed E-state index contributed by atoms with van der Waals surface area (Å²) < 4.78 is 0.883. The molecule has 3 saturated heterocycles. The molecule has 3 aromatic rings. The van der Waals surface area contributed by atoms with Crippen molar-refractivity contribution in [3.05, 3.63) is 103 Å². The normalized spacial score (nSPS) is 27.3. The first-order chi connectivity index (χ1) is 26.7. The van der Waals surface area contributed by atoms with E-state index in [4.69, 9.17) is 4.98 Å². The Bertz CT molecular complexity index is 1730. The highest BCUT2D eigenvalue weighted by Crippen LogP contribution is 2.17. The topological polar surface area (TPSA) is 118 Å². The van der Waals surface area contributed by atoms with E-state index in [2.05, 4.69) is 67.6 Å². The molecular weight excluding hydrogens is 715 g/mol. The van der Waals surface area contributed by atoms with E-state index in [1.54, 1.807) is 0 Å². The lowest BCUT2D eigenvalue weighted by atomic mass is 10.2. The lowest BCUT2D eigenvalue weighted by molar-refractivity contribution is -0.904. The summed E-state index contributed by atoms with van der Waals surface area (Å²) in [6.45, 7) is 19.7. The maximum Gasteiger partial charge on any atom is 0.237 e. The van der Waals surface area contributed by atoms with Gasteiger partial charge in [-0.15, -0.1) is 7.05 Å². The summed E-state index contributed by atoms with van der Waals surface area (Å²) in [5.74, 6) is 0.453. The van der Waals surface area contributed by atoms with E-state index in [0.717, 1.165) is 157 Å². The Labute approximate surface area is 342 Å². The molecule has 3 atom stereocenters. The number of hydrogen-bond acceptors (Lipinski definition) is 10. The van der Waals surface area contributed by atoms with Crippen molar-refractivity contribution in [2.24, 2.45) is 0 Å². The highest BCUT2D eigenvalue weighted by Gasteiger charge is 2.27. The van der Waals surface area contributed by atoms with Gasteiger partial charge >= 0.3 is 0 Å². The van der Waals surface area contributed by atoms with Crippen LogP contribution in [0, 0.1) is 14.1 Å². The van der Waals surface area contributed by atoms with Gasteiger partial charge in [-0.2, -0.15) is 7.05 Å².